The van der Waals surface area contributed by atoms with Crippen LogP contribution in [-0.2, 0) is 22.4 Å². The number of carbonyl (C=O) groups is 1. The third-order valence-corrected chi connectivity index (χ3v) is 6.46. The van der Waals surface area contributed by atoms with Crippen LogP contribution in [0.25, 0.3) is 0 Å². The molecule has 5 nitrogen and oxygen atoms in total. The first-order valence-corrected chi connectivity index (χ1v) is 12.0. The van der Waals surface area contributed by atoms with Gasteiger partial charge in [0.25, 0.3) is 6.43 Å². The fraction of sp³-hybridized carbons (Fsp3) is 0.760. The molecule has 0 N–H and O–H groups in total. The van der Waals surface area contributed by atoms with E-state index in [1.165, 1.54) is 24.8 Å². The number of carbonyl (C=O) groups excluding carboxylic acids is 1. The molecule has 1 aromatic heterocycles. The Balaban J connectivity index is 1.37. The number of ether oxygens (including phenoxy) is 2. The van der Waals surface area contributed by atoms with Crippen molar-refractivity contribution in [1.82, 2.24) is 9.88 Å². The van der Waals surface area contributed by atoms with Gasteiger partial charge in [-0.3, -0.25) is 4.79 Å². The van der Waals surface area contributed by atoms with Crippen LogP contribution < -0.4 is 4.74 Å². The molecule has 1 aromatic rings. The van der Waals surface area contributed by atoms with Gasteiger partial charge < -0.3 is 14.4 Å². The van der Waals surface area contributed by atoms with Crippen molar-refractivity contribution in [2.45, 2.75) is 84.2 Å². The fourth-order valence-corrected chi connectivity index (χ4v) is 4.77. The van der Waals surface area contributed by atoms with Crippen molar-refractivity contribution in [2.75, 3.05) is 26.2 Å². The van der Waals surface area contributed by atoms with Gasteiger partial charge in [-0.1, -0.05) is 18.9 Å². The van der Waals surface area contributed by atoms with Crippen molar-refractivity contribution in [2.24, 2.45) is 11.8 Å². The van der Waals surface area contributed by atoms with Gasteiger partial charge in [0, 0.05) is 37.7 Å². The number of pyridine rings is 1. The summed E-state index contributed by atoms with van der Waals surface area (Å²) < 4.78 is 35.3. The zero-order valence-electron chi connectivity index (χ0n) is 19.7. The van der Waals surface area contributed by atoms with E-state index in [4.69, 9.17) is 9.47 Å². The molecule has 0 unspecified atom stereocenters. The Morgan fingerprint density at radius 1 is 1.12 bits per heavy atom. The van der Waals surface area contributed by atoms with E-state index in [2.05, 4.69) is 9.88 Å². The second-order valence-electron chi connectivity index (χ2n) is 10.3. The molecule has 1 fully saturated rings. The molecular formula is C25H38F2N2O3. The lowest BCUT2D eigenvalue weighted by atomic mass is 9.79. The van der Waals surface area contributed by atoms with Gasteiger partial charge in [0.05, 0.1) is 0 Å². The SMILES string of the molecule is CC(C)(C)OC(=O)CC1CCC(CCN2CCc3ccc(OCC(F)F)nc3CC2)CC1. The minimum Gasteiger partial charge on any atom is -0.472 e. The first-order chi connectivity index (χ1) is 15.2. The Kier molecular flexibility index (Phi) is 8.86. The van der Waals surface area contributed by atoms with E-state index in [9.17, 15) is 13.6 Å². The molecule has 7 heteroatoms. The van der Waals surface area contributed by atoms with Crippen LogP contribution in [-0.4, -0.2) is 54.1 Å². The number of halogens is 2. The third-order valence-electron chi connectivity index (χ3n) is 6.46. The van der Waals surface area contributed by atoms with Gasteiger partial charge in [-0.25, -0.2) is 13.8 Å². The molecule has 2 heterocycles. The molecule has 1 aliphatic heterocycles. The van der Waals surface area contributed by atoms with Crippen LogP contribution in [0, 0.1) is 11.8 Å². The highest BCUT2D eigenvalue weighted by Crippen LogP contribution is 2.33. The molecule has 0 radical (unpaired) electrons. The summed E-state index contributed by atoms with van der Waals surface area (Å²) in [5.41, 5.74) is 1.76. The van der Waals surface area contributed by atoms with Crippen molar-refractivity contribution in [1.29, 1.82) is 0 Å². The Bertz CT molecular complexity index is 743. The summed E-state index contributed by atoms with van der Waals surface area (Å²) in [6.07, 6.45) is 5.60. The summed E-state index contributed by atoms with van der Waals surface area (Å²) in [5.74, 6) is 1.41. The van der Waals surface area contributed by atoms with E-state index in [0.717, 1.165) is 56.9 Å². The summed E-state index contributed by atoms with van der Waals surface area (Å²) in [5, 5.41) is 0. The maximum Gasteiger partial charge on any atom is 0.306 e. The van der Waals surface area contributed by atoms with Crippen molar-refractivity contribution in [3.05, 3.63) is 23.4 Å². The topological polar surface area (TPSA) is 51.7 Å². The third kappa shape index (κ3) is 8.30. The van der Waals surface area contributed by atoms with Gasteiger partial charge in [0.1, 0.15) is 5.60 Å². The smallest absolute Gasteiger partial charge is 0.306 e. The fourth-order valence-electron chi connectivity index (χ4n) is 4.77. The zero-order chi connectivity index (χ0) is 23.1. The van der Waals surface area contributed by atoms with E-state index in [-0.39, 0.29) is 5.97 Å². The standard InChI is InChI=1S/C25H38F2N2O3/c1-25(2,3)32-24(30)16-19-6-4-18(5-7-19)10-13-29-14-11-20-8-9-23(31-17-22(26)27)28-21(20)12-15-29/h8-9,18-19,22H,4-7,10-17H2,1-3H3. The summed E-state index contributed by atoms with van der Waals surface area (Å²) in [7, 11) is 0. The van der Waals surface area contributed by atoms with Crippen molar-refractivity contribution < 1.29 is 23.0 Å². The molecule has 32 heavy (non-hydrogen) atoms. The number of alkyl halides is 2. The minimum absolute atomic E-state index is 0.0681. The van der Waals surface area contributed by atoms with Crippen molar-refractivity contribution >= 4 is 5.97 Å². The van der Waals surface area contributed by atoms with Crippen LogP contribution >= 0.6 is 0 Å². The number of fused-ring (bicyclic) bond motifs is 1. The predicted octanol–water partition coefficient (Wildman–Crippen LogP) is 5.05. The lowest BCUT2D eigenvalue weighted by molar-refractivity contribution is -0.156. The highest BCUT2D eigenvalue weighted by molar-refractivity contribution is 5.70. The average molecular weight is 453 g/mol. The second-order valence-corrected chi connectivity index (χ2v) is 10.3. The molecule has 3 rings (SSSR count). The molecule has 1 aliphatic carbocycles. The maximum absolute atomic E-state index is 12.4. The van der Waals surface area contributed by atoms with Gasteiger partial charge in [-0.2, -0.15) is 0 Å². The van der Waals surface area contributed by atoms with Crippen molar-refractivity contribution in [3.8, 4) is 5.88 Å². The van der Waals surface area contributed by atoms with Crippen LogP contribution in [0.1, 0.15) is 70.6 Å². The molecular weight excluding hydrogens is 414 g/mol. The summed E-state index contributed by atoms with van der Waals surface area (Å²) in [6, 6.07) is 3.67. The average Bonchev–Trinajstić information content (AvgIpc) is 2.92. The summed E-state index contributed by atoms with van der Waals surface area (Å²) in [6.45, 7) is 8.15. The molecule has 0 saturated heterocycles. The first kappa shape index (κ1) is 24.9. The normalized spacial score (nSPS) is 22.3. The van der Waals surface area contributed by atoms with Gasteiger partial charge in [-0.05, 0) is 70.4 Å². The highest BCUT2D eigenvalue weighted by atomic mass is 19.3. The molecule has 0 spiro atoms. The van der Waals surface area contributed by atoms with Crippen LogP contribution in [0.4, 0.5) is 8.78 Å². The van der Waals surface area contributed by atoms with Gasteiger partial charge >= 0.3 is 5.97 Å². The summed E-state index contributed by atoms with van der Waals surface area (Å²) in [4.78, 5) is 19.0. The Morgan fingerprint density at radius 2 is 1.81 bits per heavy atom. The number of hydrogen-bond acceptors (Lipinski definition) is 5. The van der Waals surface area contributed by atoms with E-state index >= 15 is 0 Å². The van der Waals surface area contributed by atoms with Crippen molar-refractivity contribution in [3.63, 3.8) is 0 Å². The van der Waals surface area contributed by atoms with Crippen LogP contribution in [0.3, 0.4) is 0 Å². The zero-order valence-corrected chi connectivity index (χ0v) is 19.7. The van der Waals surface area contributed by atoms with E-state index in [1.54, 1.807) is 6.07 Å². The Morgan fingerprint density at radius 3 is 2.50 bits per heavy atom. The molecule has 0 bridgehead atoms. The highest BCUT2D eigenvalue weighted by Gasteiger charge is 2.26. The molecule has 0 amide bonds. The lowest BCUT2D eigenvalue weighted by Gasteiger charge is -2.30. The Labute approximate surface area is 190 Å². The van der Waals surface area contributed by atoms with Gasteiger partial charge in [-0.15, -0.1) is 0 Å². The minimum atomic E-state index is -2.49. The quantitative estimate of drug-likeness (QED) is 0.517. The number of esters is 1. The van der Waals surface area contributed by atoms with Crippen LogP contribution in [0.15, 0.2) is 12.1 Å². The molecule has 1 saturated carbocycles. The predicted molar refractivity (Wildman–Crippen MR) is 120 cm³/mol. The molecule has 0 atom stereocenters. The molecule has 2 aliphatic rings. The monoisotopic (exact) mass is 452 g/mol. The van der Waals surface area contributed by atoms with Crippen LogP contribution in [0.2, 0.25) is 0 Å². The van der Waals surface area contributed by atoms with E-state index in [0.29, 0.717) is 18.2 Å². The molecule has 0 aromatic carbocycles. The molecule has 180 valence electrons. The van der Waals surface area contributed by atoms with Gasteiger partial charge in [0.2, 0.25) is 5.88 Å². The van der Waals surface area contributed by atoms with Gasteiger partial charge in [0.15, 0.2) is 6.61 Å². The second kappa shape index (κ2) is 11.4. The number of nitrogens with zero attached hydrogens (tertiary/aromatic N) is 2. The first-order valence-electron chi connectivity index (χ1n) is 12.0. The van der Waals surface area contributed by atoms with Crippen LogP contribution in [0.5, 0.6) is 5.88 Å². The number of rotatable bonds is 8. The largest absolute Gasteiger partial charge is 0.472 e. The Hall–Kier alpha value is -1.76. The maximum atomic E-state index is 12.4. The number of hydrogen-bond donors (Lipinski definition) is 0. The summed E-state index contributed by atoms with van der Waals surface area (Å²) >= 11 is 0. The van der Waals surface area contributed by atoms with E-state index < -0.39 is 18.6 Å². The van der Waals surface area contributed by atoms with E-state index in [1.807, 2.05) is 26.8 Å². The number of aromatic nitrogens is 1. The lowest BCUT2D eigenvalue weighted by Crippen LogP contribution is -2.30.